The van der Waals surface area contributed by atoms with Gasteiger partial charge in [0.25, 0.3) is 0 Å². The summed E-state index contributed by atoms with van der Waals surface area (Å²) in [5.41, 5.74) is 3.78. The number of aromatic nitrogens is 1. The van der Waals surface area contributed by atoms with E-state index in [0.29, 0.717) is 12.1 Å². The summed E-state index contributed by atoms with van der Waals surface area (Å²) < 4.78 is 6.83. The van der Waals surface area contributed by atoms with E-state index in [1.165, 1.54) is 0 Å². The summed E-state index contributed by atoms with van der Waals surface area (Å²) in [6, 6.07) is 4.00. The molecule has 1 aromatic heterocycles. The van der Waals surface area contributed by atoms with Gasteiger partial charge in [-0.05, 0) is 38.0 Å². The molecule has 0 atom stereocenters. The van der Waals surface area contributed by atoms with Crippen molar-refractivity contribution in [2.45, 2.75) is 27.3 Å². The van der Waals surface area contributed by atoms with Crippen molar-refractivity contribution in [1.29, 1.82) is 0 Å². The molecule has 74 valence electrons. The molecule has 2 aromatic rings. The molecule has 1 heterocycles. The molecule has 0 aliphatic rings. The summed E-state index contributed by atoms with van der Waals surface area (Å²) in [6.45, 7) is 6.56. The van der Waals surface area contributed by atoms with Gasteiger partial charge in [-0.15, -0.1) is 0 Å². The summed E-state index contributed by atoms with van der Waals surface area (Å²) in [7, 11) is 0. The van der Waals surface area contributed by atoms with Crippen molar-refractivity contribution in [3.63, 3.8) is 0 Å². The van der Waals surface area contributed by atoms with Gasteiger partial charge >= 0.3 is 5.76 Å². The van der Waals surface area contributed by atoms with Crippen LogP contribution in [-0.4, -0.2) is 4.57 Å². The quantitative estimate of drug-likeness (QED) is 0.692. The Kier molecular flexibility index (Phi) is 1.95. The second-order valence-electron chi connectivity index (χ2n) is 3.54. The molecule has 1 aromatic carbocycles. The molecule has 3 nitrogen and oxygen atoms in total. The van der Waals surface area contributed by atoms with Crippen LogP contribution in [0.2, 0.25) is 0 Å². The third kappa shape index (κ3) is 1.16. The topological polar surface area (TPSA) is 35.1 Å². The maximum absolute atomic E-state index is 11.4. The average molecular weight is 191 g/mol. The Morgan fingerprint density at radius 1 is 1.36 bits per heavy atom. The Morgan fingerprint density at radius 3 is 2.71 bits per heavy atom. The van der Waals surface area contributed by atoms with Gasteiger partial charge in [-0.1, -0.05) is 6.07 Å². The van der Waals surface area contributed by atoms with Crippen molar-refractivity contribution in [3.05, 3.63) is 33.8 Å². The fourth-order valence-corrected chi connectivity index (χ4v) is 1.81. The molecule has 0 aliphatic carbocycles. The Balaban J connectivity index is 2.95. The lowest BCUT2D eigenvalue weighted by Crippen LogP contribution is -2.11. The normalized spacial score (nSPS) is 11.1. The molecular weight excluding hydrogens is 178 g/mol. The lowest BCUT2D eigenvalue weighted by Gasteiger charge is -1.99. The SMILES string of the molecule is CCn1c(=O)oc2c(C)cc(C)cc21. The first-order valence-corrected chi connectivity index (χ1v) is 4.74. The maximum Gasteiger partial charge on any atom is 0.419 e. The molecule has 0 unspecified atom stereocenters. The van der Waals surface area contributed by atoms with Gasteiger partial charge in [-0.3, -0.25) is 4.57 Å². The fourth-order valence-electron chi connectivity index (χ4n) is 1.81. The molecule has 14 heavy (non-hydrogen) atoms. The first-order chi connectivity index (χ1) is 6.63. The highest BCUT2D eigenvalue weighted by atomic mass is 16.4. The molecule has 3 heteroatoms. The molecular formula is C11H13NO2. The number of nitrogens with zero attached hydrogens (tertiary/aromatic N) is 1. The minimum Gasteiger partial charge on any atom is -0.407 e. The van der Waals surface area contributed by atoms with E-state index in [1.807, 2.05) is 32.9 Å². The number of hydrogen-bond acceptors (Lipinski definition) is 2. The second-order valence-corrected chi connectivity index (χ2v) is 3.54. The predicted molar refractivity (Wildman–Crippen MR) is 55.6 cm³/mol. The van der Waals surface area contributed by atoms with Gasteiger partial charge in [0.1, 0.15) is 0 Å². The van der Waals surface area contributed by atoms with Crippen molar-refractivity contribution in [2.75, 3.05) is 0 Å². The maximum atomic E-state index is 11.4. The predicted octanol–water partition coefficient (Wildman–Crippen LogP) is 2.23. The van der Waals surface area contributed by atoms with E-state index < -0.39 is 0 Å². The van der Waals surface area contributed by atoms with Gasteiger partial charge < -0.3 is 4.42 Å². The highest BCUT2D eigenvalue weighted by Gasteiger charge is 2.09. The van der Waals surface area contributed by atoms with Crippen LogP contribution >= 0.6 is 0 Å². The lowest BCUT2D eigenvalue weighted by atomic mass is 10.1. The van der Waals surface area contributed by atoms with Crippen molar-refractivity contribution < 1.29 is 4.42 Å². The van der Waals surface area contributed by atoms with Gasteiger partial charge in [0.05, 0.1) is 5.52 Å². The lowest BCUT2D eigenvalue weighted by molar-refractivity contribution is 0.512. The van der Waals surface area contributed by atoms with Gasteiger partial charge in [-0.2, -0.15) is 0 Å². The Bertz CT molecular complexity index is 534. The van der Waals surface area contributed by atoms with E-state index in [0.717, 1.165) is 16.6 Å². The summed E-state index contributed by atoms with van der Waals surface area (Å²) in [6.07, 6.45) is 0. The Hall–Kier alpha value is -1.51. The van der Waals surface area contributed by atoms with Crippen LogP contribution in [0, 0.1) is 13.8 Å². The summed E-state index contributed by atoms with van der Waals surface area (Å²) >= 11 is 0. The molecule has 0 radical (unpaired) electrons. The van der Waals surface area contributed by atoms with E-state index >= 15 is 0 Å². The van der Waals surface area contributed by atoms with Crippen molar-refractivity contribution >= 4 is 11.1 Å². The molecule has 0 N–H and O–H groups in total. The van der Waals surface area contributed by atoms with Gasteiger partial charge in [0.15, 0.2) is 5.58 Å². The van der Waals surface area contributed by atoms with Crippen LogP contribution < -0.4 is 5.76 Å². The zero-order valence-electron chi connectivity index (χ0n) is 8.63. The van der Waals surface area contributed by atoms with Gasteiger partial charge in [-0.25, -0.2) is 4.79 Å². The van der Waals surface area contributed by atoms with Crippen LogP contribution in [0.15, 0.2) is 21.3 Å². The van der Waals surface area contributed by atoms with E-state index in [9.17, 15) is 4.79 Å². The van der Waals surface area contributed by atoms with Crippen LogP contribution in [0.4, 0.5) is 0 Å². The molecule has 0 amide bonds. The first kappa shape index (κ1) is 9.06. The van der Waals surface area contributed by atoms with Crippen molar-refractivity contribution in [2.24, 2.45) is 0 Å². The molecule has 0 saturated carbocycles. The van der Waals surface area contributed by atoms with Crippen LogP contribution in [-0.2, 0) is 6.54 Å². The standard InChI is InChI=1S/C11H13NO2/c1-4-12-9-6-7(2)5-8(3)10(9)14-11(12)13/h5-6H,4H2,1-3H3. The molecule has 0 aliphatic heterocycles. The Labute approximate surface area is 82.0 Å². The number of rotatable bonds is 1. The van der Waals surface area contributed by atoms with Crippen LogP contribution in [0.5, 0.6) is 0 Å². The molecule has 0 bridgehead atoms. The van der Waals surface area contributed by atoms with Gasteiger partial charge in [0, 0.05) is 6.54 Å². The first-order valence-electron chi connectivity index (χ1n) is 4.74. The fraction of sp³-hybridized carbons (Fsp3) is 0.364. The summed E-state index contributed by atoms with van der Waals surface area (Å²) in [5, 5.41) is 0. The van der Waals surface area contributed by atoms with E-state index in [4.69, 9.17) is 4.42 Å². The zero-order chi connectivity index (χ0) is 10.3. The smallest absolute Gasteiger partial charge is 0.407 e. The van der Waals surface area contributed by atoms with Crippen LogP contribution in [0.25, 0.3) is 11.1 Å². The van der Waals surface area contributed by atoms with Gasteiger partial charge in [0.2, 0.25) is 0 Å². The minimum absolute atomic E-state index is 0.267. The molecule has 0 fully saturated rings. The van der Waals surface area contributed by atoms with Crippen molar-refractivity contribution in [1.82, 2.24) is 4.57 Å². The number of aryl methyl sites for hydroxylation is 3. The van der Waals surface area contributed by atoms with Crippen LogP contribution in [0.1, 0.15) is 18.1 Å². The van der Waals surface area contributed by atoms with E-state index in [1.54, 1.807) is 4.57 Å². The highest BCUT2D eigenvalue weighted by Crippen LogP contribution is 2.19. The molecule has 2 rings (SSSR count). The van der Waals surface area contributed by atoms with E-state index in [-0.39, 0.29) is 5.76 Å². The highest BCUT2D eigenvalue weighted by molar-refractivity contribution is 5.77. The van der Waals surface area contributed by atoms with Crippen LogP contribution in [0.3, 0.4) is 0 Å². The summed E-state index contributed by atoms with van der Waals surface area (Å²) in [4.78, 5) is 11.4. The van der Waals surface area contributed by atoms with E-state index in [2.05, 4.69) is 0 Å². The summed E-state index contributed by atoms with van der Waals surface area (Å²) in [5.74, 6) is -0.267. The molecule has 0 spiro atoms. The molecule has 0 saturated heterocycles. The van der Waals surface area contributed by atoms with Crippen molar-refractivity contribution in [3.8, 4) is 0 Å². The zero-order valence-corrected chi connectivity index (χ0v) is 8.63. The second kappa shape index (κ2) is 3.01. The third-order valence-corrected chi connectivity index (χ3v) is 2.42. The average Bonchev–Trinajstić information content (AvgIpc) is 2.41. The Morgan fingerprint density at radius 2 is 2.07 bits per heavy atom. The number of oxazole rings is 1. The minimum atomic E-state index is -0.267. The number of hydrogen-bond donors (Lipinski definition) is 0. The largest absolute Gasteiger partial charge is 0.419 e. The number of benzene rings is 1. The third-order valence-electron chi connectivity index (χ3n) is 2.42. The number of fused-ring (bicyclic) bond motifs is 1. The monoisotopic (exact) mass is 191 g/mol.